The van der Waals surface area contributed by atoms with E-state index in [9.17, 15) is 18.3 Å². The van der Waals surface area contributed by atoms with E-state index in [0.29, 0.717) is 26.2 Å². The number of nitrogens with zero attached hydrogens (tertiary/aromatic N) is 1. The average Bonchev–Trinajstić information content (AvgIpc) is 2.36. The molecule has 9 heteroatoms. The highest BCUT2D eigenvalue weighted by molar-refractivity contribution is 6.32. The number of hydrogen-bond donors (Lipinski definition) is 2. The molecule has 1 heterocycles. The van der Waals surface area contributed by atoms with E-state index < -0.39 is 24.0 Å². The molecule has 2 rings (SSSR count). The normalized spacial score (nSPS) is 17.0. The number of alkyl halides is 2. The van der Waals surface area contributed by atoms with Gasteiger partial charge in [0.2, 0.25) is 0 Å². The maximum absolute atomic E-state index is 13.3. The minimum Gasteiger partial charge on any atom is -0.506 e. The van der Waals surface area contributed by atoms with E-state index >= 15 is 0 Å². The topological polar surface area (TPSA) is 35.5 Å². The molecule has 122 valence electrons. The van der Waals surface area contributed by atoms with Crippen molar-refractivity contribution in [2.75, 3.05) is 26.2 Å². The summed E-state index contributed by atoms with van der Waals surface area (Å²) in [5, 5.41) is 12.6. The van der Waals surface area contributed by atoms with Crippen LogP contribution in [-0.4, -0.2) is 42.6 Å². The number of rotatable bonds is 3. The Morgan fingerprint density at radius 3 is 2.29 bits per heavy atom. The van der Waals surface area contributed by atoms with Gasteiger partial charge in [0, 0.05) is 31.7 Å². The van der Waals surface area contributed by atoms with Gasteiger partial charge in [-0.15, -0.1) is 24.8 Å². The highest BCUT2D eigenvalue weighted by Gasteiger charge is 2.33. The number of nitrogens with one attached hydrogen (secondary N) is 1. The molecular formula is C12H16Cl3F3N2O. The SMILES string of the molecule is Cl.Cl.Oc1c(Cl)cc(F)cc1[C@H](C(F)F)N1CCNCC1. The van der Waals surface area contributed by atoms with Gasteiger partial charge >= 0.3 is 0 Å². The lowest BCUT2D eigenvalue weighted by Gasteiger charge is -2.35. The van der Waals surface area contributed by atoms with Crippen molar-refractivity contribution in [1.82, 2.24) is 10.2 Å². The molecule has 0 saturated carbocycles. The first-order valence-corrected chi connectivity index (χ1v) is 6.29. The third kappa shape index (κ3) is 4.79. The van der Waals surface area contributed by atoms with Crippen molar-refractivity contribution in [1.29, 1.82) is 0 Å². The number of piperazine rings is 1. The van der Waals surface area contributed by atoms with Crippen LogP contribution in [0.1, 0.15) is 11.6 Å². The van der Waals surface area contributed by atoms with Gasteiger partial charge in [-0.05, 0) is 12.1 Å². The maximum atomic E-state index is 13.3. The van der Waals surface area contributed by atoms with E-state index in [0.717, 1.165) is 12.1 Å². The van der Waals surface area contributed by atoms with Crippen LogP contribution in [0.15, 0.2) is 12.1 Å². The molecule has 1 aliphatic rings. The fourth-order valence-corrected chi connectivity index (χ4v) is 2.48. The minimum absolute atomic E-state index is 0. The van der Waals surface area contributed by atoms with Crippen LogP contribution in [0.5, 0.6) is 5.75 Å². The fraction of sp³-hybridized carbons (Fsp3) is 0.500. The Labute approximate surface area is 138 Å². The van der Waals surface area contributed by atoms with Crippen molar-refractivity contribution in [3.8, 4) is 5.75 Å². The fourth-order valence-electron chi connectivity index (χ4n) is 2.26. The number of aromatic hydroxyl groups is 1. The summed E-state index contributed by atoms with van der Waals surface area (Å²) in [6, 6.07) is 0.469. The van der Waals surface area contributed by atoms with Crippen molar-refractivity contribution in [3.05, 3.63) is 28.5 Å². The van der Waals surface area contributed by atoms with Gasteiger partial charge in [0.25, 0.3) is 6.43 Å². The zero-order valence-electron chi connectivity index (χ0n) is 10.9. The van der Waals surface area contributed by atoms with E-state index in [1.165, 1.54) is 4.90 Å². The van der Waals surface area contributed by atoms with Crippen LogP contribution in [0.25, 0.3) is 0 Å². The molecule has 0 spiro atoms. The summed E-state index contributed by atoms with van der Waals surface area (Å²) < 4.78 is 39.9. The predicted octanol–water partition coefficient (Wildman–Crippen LogP) is 3.24. The van der Waals surface area contributed by atoms with E-state index in [-0.39, 0.29) is 35.4 Å². The van der Waals surface area contributed by atoms with Gasteiger partial charge in [-0.2, -0.15) is 0 Å². The monoisotopic (exact) mass is 366 g/mol. The second kappa shape index (κ2) is 8.90. The lowest BCUT2D eigenvalue weighted by atomic mass is 10.0. The second-order valence-corrected chi connectivity index (χ2v) is 4.80. The van der Waals surface area contributed by atoms with Gasteiger partial charge in [-0.25, -0.2) is 13.2 Å². The Morgan fingerprint density at radius 2 is 1.76 bits per heavy atom. The van der Waals surface area contributed by atoms with Crippen LogP contribution in [0.4, 0.5) is 13.2 Å². The van der Waals surface area contributed by atoms with Crippen LogP contribution in [0, 0.1) is 5.82 Å². The summed E-state index contributed by atoms with van der Waals surface area (Å²) in [6.45, 7) is 1.96. The van der Waals surface area contributed by atoms with Crippen LogP contribution in [-0.2, 0) is 0 Å². The smallest absolute Gasteiger partial charge is 0.258 e. The van der Waals surface area contributed by atoms with Gasteiger partial charge < -0.3 is 10.4 Å². The van der Waals surface area contributed by atoms with Gasteiger partial charge in [-0.1, -0.05) is 11.6 Å². The first kappa shape index (κ1) is 20.6. The summed E-state index contributed by atoms with van der Waals surface area (Å²) >= 11 is 5.64. The molecule has 3 nitrogen and oxygen atoms in total. The molecule has 1 atom stereocenters. The summed E-state index contributed by atoms with van der Waals surface area (Å²) in [4.78, 5) is 1.52. The average molecular weight is 368 g/mol. The highest BCUT2D eigenvalue weighted by Crippen LogP contribution is 2.38. The Kier molecular flexibility index (Phi) is 8.73. The number of hydrogen-bond acceptors (Lipinski definition) is 3. The van der Waals surface area contributed by atoms with E-state index in [1.807, 2.05) is 0 Å². The Bertz CT molecular complexity index is 460. The number of benzene rings is 1. The third-order valence-electron chi connectivity index (χ3n) is 3.16. The molecule has 0 amide bonds. The van der Waals surface area contributed by atoms with Gasteiger partial charge in [0.05, 0.1) is 5.02 Å². The second-order valence-electron chi connectivity index (χ2n) is 4.39. The van der Waals surface area contributed by atoms with Crippen molar-refractivity contribution in [2.45, 2.75) is 12.5 Å². The van der Waals surface area contributed by atoms with E-state index in [1.54, 1.807) is 0 Å². The number of halogens is 6. The molecule has 21 heavy (non-hydrogen) atoms. The predicted molar refractivity (Wildman–Crippen MR) is 80.8 cm³/mol. The van der Waals surface area contributed by atoms with Crippen LogP contribution < -0.4 is 5.32 Å². The van der Waals surface area contributed by atoms with Gasteiger partial charge in [0.1, 0.15) is 17.6 Å². The standard InChI is InChI=1S/C12H14ClF3N2O.2ClH/c13-9-6-7(14)5-8(11(9)19)10(12(15)16)18-3-1-17-2-4-18;;/h5-6,10,12,17,19H,1-4H2;2*1H/t10-;;/m1../s1. The van der Waals surface area contributed by atoms with E-state index in [4.69, 9.17) is 11.6 Å². The molecule has 2 N–H and O–H groups in total. The van der Waals surface area contributed by atoms with Crippen molar-refractivity contribution in [2.24, 2.45) is 0 Å². The maximum Gasteiger partial charge on any atom is 0.258 e. The molecule has 1 aromatic carbocycles. The molecule has 1 fully saturated rings. The zero-order valence-corrected chi connectivity index (χ0v) is 13.2. The van der Waals surface area contributed by atoms with Crippen LogP contribution in [0.2, 0.25) is 5.02 Å². The molecule has 0 unspecified atom stereocenters. The zero-order chi connectivity index (χ0) is 14.0. The summed E-state index contributed by atoms with van der Waals surface area (Å²) in [6.07, 6.45) is -2.73. The summed E-state index contributed by atoms with van der Waals surface area (Å²) in [7, 11) is 0. The molecule has 0 radical (unpaired) electrons. The highest BCUT2D eigenvalue weighted by atomic mass is 35.5. The lowest BCUT2D eigenvalue weighted by Crippen LogP contribution is -2.46. The van der Waals surface area contributed by atoms with Crippen molar-refractivity contribution >= 4 is 36.4 Å². The molecular weight excluding hydrogens is 351 g/mol. The summed E-state index contributed by atoms with van der Waals surface area (Å²) in [5.74, 6) is -1.22. The van der Waals surface area contributed by atoms with Crippen LogP contribution >= 0.6 is 36.4 Å². The van der Waals surface area contributed by atoms with E-state index in [2.05, 4.69) is 5.32 Å². The number of phenolic OH excluding ortho intramolecular Hbond substituents is 1. The molecule has 0 aromatic heterocycles. The molecule has 0 aliphatic carbocycles. The first-order valence-electron chi connectivity index (χ1n) is 5.91. The van der Waals surface area contributed by atoms with Gasteiger partial charge in [-0.3, -0.25) is 4.90 Å². The largest absolute Gasteiger partial charge is 0.506 e. The molecule has 0 bridgehead atoms. The quantitative estimate of drug-likeness (QED) is 0.861. The third-order valence-corrected chi connectivity index (χ3v) is 3.45. The van der Waals surface area contributed by atoms with Crippen molar-refractivity contribution < 1.29 is 18.3 Å². The number of phenols is 1. The molecule has 1 aliphatic heterocycles. The Hall–Kier alpha value is -0.400. The first-order chi connectivity index (χ1) is 9.00. The minimum atomic E-state index is -2.73. The van der Waals surface area contributed by atoms with Crippen molar-refractivity contribution in [3.63, 3.8) is 0 Å². The Balaban J connectivity index is 0.00000200. The molecule has 1 aromatic rings. The Morgan fingerprint density at radius 1 is 1.19 bits per heavy atom. The summed E-state index contributed by atoms with van der Waals surface area (Å²) in [5.41, 5.74) is -0.165. The van der Waals surface area contributed by atoms with Crippen LogP contribution in [0.3, 0.4) is 0 Å². The molecule has 1 saturated heterocycles. The lowest BCUT2D eigenvalue weighted by molar-refractivity contribution is 0.0169. The van der Waals surface area contributed by atoms with Gasteiger partial charge in [0.15, 0.2) is 0 Å².